The fourth-order valence-corrected chi connectivity index (χ4v) is 3.94. The number of piperidine rings is 1. The van der Waals surface area contributed by atoms with Gasteiger partial charge in [-0.3, -0.25) is 14.5 Å². The number of hydrogen-bond donors (Lipinski definition) is 2. The fourth-order valence-electron chi connectivity index (χ4n) is 3.01. The van der Waals surface area contributed by atoms with Crippen LogP contribution >= 0.6 is 34.5 Å². The number of carbonyl (C=O) groups excluding carboxylic acids is 2. The Bertz CT molecular complexity index is 858. The molecule has 0 aliphatic carbocycles. The monoisotopic (exact) mass is 438 g/mol. The second kappa shape index (κ2) is 10.0. The number of benzene rings is 1. The van der Waals surface area contributed by atoms with E-state index in [-0.39, 0.29) is 24.3 Å². The molecule has 28 heavy (non-hydrogen) atoms. The van der Waals surface area contributed by atoms with Gasteiger partial charge in [-0.2, -0.15) is 5.10 Å². The van der Waals surface area contributed by atoms with Crippen LogP contribution in [0.25, 0.3) is 0 Å². The molecule has 9 heteroatoms. The summed E-state index contributed by atoms with van der Waals surface area (Å²) < 4.78 is 0. The number of thiophene rings is 1. The van der Waals surface area contributed by atoms with Gasteiger partial charge in [0.05, 0.1) is 29.4 Å². The minimum Gasteiger partial charge on any atom is -0.324 e. The lowest BCUT2D eigenvalue weighted by Crippen LogP contribution is -2.44. The molecular formula is C19H20Cl2N4O2S. The van der Waals surface area contributed by atoms with Gasteiger partial charge in [0.1, 0.15) is 0 Å². The minimum atomic E-state index is -0.197. The average molecular weight is 439 g/mol. The third kappa shape index (κ3) is 6.04. The van der Waals surface area contributed by atoms with E-state index in [9.17, 15) is 9.59 Å². The molecular weight excluding hydrogens is 419 g/mol. The van der Waals surface area contributed by atoms with Crippen LogP contribution in [0, 0.1) is 5.92 Å². The van der Waals surface area contributed by atoms with E-state index in [1.54, 1.807) is 35.8 Å². The van der Waals surface area contributed by atoms with E-state index in [1.807, 2.05) is 22.4 Å². The first-order valence-electron chi connectivity index (χ1n) is 8.85. The molecule has 1 aliphatic heterocycles. The molecule has 3 rings (SSSR count). The Morgan fingerprint density at radius 2 is 2.18 bits per heavy atom. The molecule has 1 atom stereocenters. The highest BCUT2D eigenvalue weighted by molar-refractivity contribution is 7.11. The highest BCUT2D eigenvalue weighted by Gasteiger charge is 2.26. The predicted octanol–water partition coefficient (Wildman–Crippen LogP) is 3.86. The van der Waals surface area contributed by atoms with Crippen LogP contribution in [-0.2, 0) is 9.59 Å². The molecule has 1 saturated heterocycles. The lowest BCUT2D eigenvalue weighted by molar-refractivity contribution is -0.127. The van der Waals surface area contributed by atoms with Crippen LogP contribution in [0.4, 0.5) is 5.69 Å². The van der Waals surface area contributed by atoms with Gasteiger partial charge in [0.2, 0.25) is 11.8 Å². The number of nitrogens with zero attached hydrogens (tertiary/aromatic N) is 2. The normalized spacial score (nSPS) is 17.6. The molecule has 1 aliphatic rings. The Morgan fingerprint density at radius 3 is 2.96 bits per heavy atom. The van der Waals surface area contributed by atoms with Gasteiger partial charge in [-0.15, -0.1) is 11.3 Å². The summed E-state index contributed by atoms with van der Waals surface area (Å²) in [5, 5.41) is 9.66. The summed E-state index contributed by atoms with van der Waals surface area (Å²) in [6.07, 6.45) is 3.25. The van der Waals surface area contributed by atoms with Crippen LogP contribution in [0.3, 0.4) is 0 Å². The number of hydrogen-bond acceptors (Lipinski definition) is 5. The van der Waals surface area contributed by atoms with Crippen molar-refractivity contribution in [2.24, 2.45) is 11.0 Å². The van der Waals surface area contributed by atoms with E-state index < -0.39 is 0 Å². The van der Waals surface area contributed by atoms with Crippen molar-refractivity contribution in [3.8, 4) is 0 Å². The van der Waals surface area contributed by atoms with Gasteiger partial charge in [0.15, 0.2) is 0 Å². The third-order valence-corrected chi connectivity index (χ3v) is 5.73. The molecule has 148 valence electrons. The first-order valence-corrected chi connectivity index (χ1v) is 10.5. The molecule has 1 aromatic heterocycles. The second-order valence-electron chi connectivity index (χ2n) is 6.50. The number of carbonyl (C=O) groups is 2. The standard InChI is InChI=1S/C19H20Cl2N4O2S/c20-14-5-6-16(21)17(9-14)23-18(26)12-25-7-1-3-13(11-25)19(27)24-22-10-15-4-2-8-28-15/h2,4-6,8-10,13H,1,3,7,11-12H2,(H,23,26)(H,24,27)/b22-10-/t13-/m0/s1. The summed E-state index contributed by atoms with van der Waals surface area (Å²) in [5.41, 5.74) is 3.08. The first-order chi connectivity index (χ1) is 13.5. The topological polar surface area (TPSA) is 73.8 Å². The van der Waals surface area contributed by atoms with Gasteiger partial charge in [-0.1, -0.05) is 29.3 Å². The zero-order valence-corrected chi connectivity index (χ0v) is 17.4. The maximum Gasteiger partial charge on any atom is 0.244 e. The maximum atomic E-state index is 12.4. The highest BCUT2D eigenvalue weighted by Crippen LogP contribution is 2.25. The van der Waals surface area contributed by atoms with Crippen molar-refractivity contribution >= 4 is 58.3 Å². The largest absolute Gasteiger partial charge is 0.324 e. The smallest absolute Gasteiger partial charge is 0.244 e. The summed E-state index contributed by atoms with van der Waals surface area (Å²) in [6, 6.07) is 8.76. The zero-order valence-electron chi connectivity index (χ0n) is 15.0. The number of nitrogens with one attached hydrogen (secondary N) is 2. The Labute approximate surface area is 177 Å². The van der Waals surface area contributed by atoms with Crippen molar-refractivity contribution in [1.29, 1.82) is 0 Å². The van der Waals surface area contributed by atoms with Gasteiger partial charge in [0.25, 0.3) is 0 Å². The number of halogens is 2. The van der Waals surface area contributed by atoms with E-state index in [0.29, 0.717) is 22.3 Å². The van der Waals surface area contributed by atoms with Crippen molar-refractivity contribution in [2.75, 3.05) is 25.0 Å². The van der Waals surface area contributed by atoms with Crippen LogP contribution in [0.1, 0.15) is 17.7 Å². The van der Waals surface area contributed by atoms with E-state index >= 15 is 0 Å². The van der Waals surface area contributed by atoms with Crippen molar-refractivity contribution in [3.63, 3.8) is 0 Å². The number of anilines is 1. The second-order valence-corrected chi connectivity index (χ2v) is 8.32. The van der Waals surface area contributed by atoms with Gasteiger partial charge < -0.3 is 5.32 Å². The molecule has 0 bridgehead atoms. The van der Waals surface area contributed by atoms with E-state index in [0.717, 1.165) is 24.3 Å². The van der Waals surface area contributed by atoms with Gasteiger partial charge in [-0.05, 0) is 49.0 Å². The van der Waals surface area contributed by atoms with Crippen molar-refractivity contribution in [1.82, 2.24) is 10.3 Å². The van der Waals surface area contributed by atoms with Crippen molar-refractivity contribution < 1.29 is 9.59 Å². The number of amides is 2. The lowest BCUT2D eigenvalue weighted by atomic mass is 9.97. The Hall–Kier alpha value is -1.93. The van der Waals surface area contributed by atoms with Crippen LogP contribution < -0.4 is 10.7 Å². The molecule has 2 amide bonds. The minimum absolute atomic E-state index is 0.129. The molecule has 2 aromatic rings. The SMILES string of the molecule is O=C(CN1CCC[C@H](C(=O)N/N=C\c2cccs2)C1)Nc1cc(Cl)ccc1Cl. The molecule has 2 heterocycles. The summed E-state index contributed by atoms with van der Waals surface area (Å²) in [5.74, 6) is -0.520. The van der Waals surface area contributed by atoms with Gasteiger partial charge >= 0.3 is 0 Å². The molecule has 1 fully saturated rings. The molecule has 6 nitrogen and oxygen atoms in total. The number of rotatable bonds is 6. The molecule has 0 saturated carbocycles. The number of likely N-dealkylation sites (tertiary alicyclic amines) is 1. The summed E-state index contributed by atoms with van der Waals surface area (Å²) in [6.45, 7) is 1.46. The van der Waals surface area contributed by atoms with E-state index in [2.05, 4.69) is 15.8 Å². The van der Waals surface area contributed by atoms with Crippen LogP contribution in [-0.4, -0.2) is 42.6 Å². The van der Waals surface area contributed by atoms with Gasteiger partial charge in [-0.25, -0.2) is 5.43 Å². The Morgan fingerprint density at radius 1 is 1.32 bits per heavy atom. The summed E-state index contributed by atoms with van der Waals surface area (Å²) >= 11 is 13.6. The van der Waals surface area contributed by atoms with Crippen molar-refractivity contribution in [3.05, 3.63) is 50.6 Å². The van der Waals surface area contributed by atoms with Crippen LogP contribution in [0.15, 0.2) is 40.8 Å². The average Bonchev–Trinajstić information content (AvgIpc) is 3.18. The first kappa shape index (κ1) is 20.8. The Kier molecular flexibility index (Phi) is 7.44. The fraction of sp³-hybridized carbons (Fsp3) is 0.316. The summed E-state index contributed by atoms with van der Waals surface area (Å²) in [7, 11) is 0. The quantitative estimate of drug-likeness (QED) is 0.531. The van der Waals surface area contributed by atoms with Crippen LogP contribution in [0.5, 0.6) is 0 Å². The molecule has 0 unspecified atom stereocenters. The van der Waals surface area contributed by atoms with E-state index in [4.69, 9.17) is 23.2 Å². The lowest BCUT2D eigenvalue weighted by Gasteiger charge is -2.31. The molecule has 1 aromatic carbocycles. The maximum absolute atomic E-state index is 12.4. The van der Waals surface area contributed by atoms with Crippen LogP contribution in [0.2, 0.25) is 10.0 Å². The van der Waals surface area contributed by atoms with Gasteiger partial charge in [0, 0.05) is 16.4 Å². The molecule has 2 N–H and O–H groups in total. The molecule has 0 spiro atoms. The zero-order chi connectivity index (χ0) is 19.9. The molecule has 0 radical (unpaired) electrons. The number of hydrazone groups is 1. The van der Waals surface area contributed by atoms with Crippen molar-refractivity contribution in [2.45, 2.75) is 12.8 Å². The highest BCUT2D eigenvalue weighted by atomic mass is 35.5. The third-order valence-electron chi connectivity index (χ3n) is 4.36. The van der Waals surface area contributed by atoms with E-state index in [1.165, 1.54) is 0 Å². The summed E-state index contributed by atoms with van der Waals surface area (Å²) in [4.78, 5) is 27.6. The predicted molar refractivity (Wildman–Crippen MR) is 114 cm³/mol. The Balaban J connectivity index is 1.49.